The van der Waals surface area contributed by atoms with Gasteiger partial charge in [0.05, 0.1) is 5.69 Å². The molecule has 0 aliphatic heterocycles. The summed E-state index contributed by atoms with van der Waals surface area (Å²) in [6.45, 7) is 6.67. The fourth-order valence-electron chi connectivity index (χ4n) is 2.35. The van der Waals surface area contributed by atoms with Gasteiger partial charge >= 0.3 is 0 Å². The maximum absolute atomic E-state index is 12.3. The zero-order chi connectivity index (χ0) is 14.3. The summed E-state index contributed by atoms with van der Waals surface area (Å²) >= 11 is 0. The molecule has 0 aromatic heterocycles. The van der Waals surface area contributed by atoms with Crippen LogP contribution < -0.4 is 10.5 Å². The third kappa shape index (κ3) is 2.92. The monoisotopic (exact) mass is 282 g/mol. The van der Waals surface area contributed by atoms with Crippen molar-refractivity contribution in [2.75, 3.05) is 12.3 Å². The predicted octanol–water partition coefficient (Wildman–Crippen LogP) is 2.29. The maximum Gasteiger partial charge on any atom is 0.242 e. The van der Waals surface area contributed by atoms with Gasteiger partial charge < -0.3 is 5.73 Å². The number of nitrogens with two attached hydrogens (primary N) is 1. The quantitative estimate of drug-likeness (QED) is 0.814. The van der Waals surface area contributed by atoms with E-state index in [4.69, 9.17) is 5.73 Å². The summed E-state index contributed by atoms with van der Waals surface area (Å²) in [5.41, 5.74) is 7.21. The Morgan fingerprint density at radius 3 is 2.47 bits per heavy atom. The number of hydrogen-bond donors (Lipinski definition) is 2. The first kappa shape index (κ1) is 14.3. The fourth-order valence-corrected chi connectivity index (χ4v) is 3.60. The largest absolute Gasteiger partial charge is 0.398 e. The summed E-state index contributed by atoms with van der Waals surface area (Å²) in [5.74, 6) is 0.491. The second kappa shape index (κ2) is 4.80. The molecule has 0 heterocycles. The number of anilines is 1. The highest BCUT2D eigenvalue weighted by Gasteiger charge is 2.45. The van der Waals surface area contributed by atoms with Gasteiger partial charge in [-0.05, 0) is 48.8 Å². The van der Waals surface area contributed by atoms with Gasteiger partial charge in [0, 0.05) is 6.54 Å². The van der Waals surface area contributed by atoms with Crippen molar-refractivity contribution >= 4 is 15.7 Å². The molecule has 0 unspecified atom stereocenters. The standard InChI is InChI=1S/C14H22N2O2S/c1-10(2)14(6-7-14)9-16-19(17,18)13-5-4-11(3)8-12(13)15/h4-5,8,10,16H,6-7,9,15H2,1-3H3. The Morgan fingerprint density at radius 2 is 2.00 bits per heavy atom. The van der Waals surface area contributed by atoms with Crippen molar-refractivity contribution < 1.29 is 8.42 Å². The van der Waals surface area contributed by atoms with Crippen LogP contribution in [0.4, 0.5) is 5.69 Å². The lowest BCUT2D eigenvalue weighted by molar-refractivity contribution is 0.357. The summed E-state index contributed by atoms with van der Waals surface area (Å²) in [7, 11) is -3.51. The van der Waals surface area contributed by atoms with E-state index in [2.05, 4.69) is 18.6 Å². The Bertz CT molecular complexity index is 575. The SMILES string of the molecule is Cc1ccc(S(=O)(=O)NCC2(C(C)C)CC2)c(N)c1. The summed E-state index contributed by atoms with van der Waals surface area (Å²) in [6, 6.07) is 5.02. The van der Waals surface area contributed by atoms with Crippen molar-refractivity contribution in [3.05, 3.63) is 23.8 Å². The number of sulfonamides is 1. The molecule has 0 spiro atoms. The Balaban J connectivity index is 2.15. The normalized spacial score (nSPS) is 17.7. The van der Waals surface area contributed by atoms with Crippen LogP contribution in [0.25, 0.3) is 0 Å². The van der Waals surface area contributed by atoms with Crippen molar-refractivity contribution in [3.63, 3.8) is 0 Å². The third-order valence-electron chi connectivity index (χ3n) is 4.19. The molecule has 1 fully saturated rings. The van der Waals surface area contributed by atoms with Crippen molar-refractivity contribution in [1.82, 2.24) is 4.72 Å². The summed E-state index contributed by atoms with van der Waals surface area (Å²) < 4.78 is 27.3. The molecule has 0 amide bonds. The summed E-state index contributed by atoms with van der Waals surface area (Å²) in [4.78, 5) is 0.178. The van der Waals surface area contributed by atoms with Crippen molar-refractivity contribution in [1.29, 1.82) is 0 Å². The number of nitrogens with one attached hydrogen (secondary N) is 1. The van der Waals surface area contributed by atoms with Gasteiger partial charge in [-0.15, -0.1) is 0 Å². The Kier molecular flexibility index (Phi) is 3.62. The van der Waals surface area contributed by atoms with Crippen molar-refractivity contribution in [2.45, 2.75) is 38.5 Å². The third-order valence-corrected chi connectivity index (χ3v) is 5.66. The highest BCUT2D eigenvalue weighted by molar-refractivity contribution is 7.89. The van der Waals surface area contributed by atoms with E-state index in [9.17, 15) is 8.42 Å². The van der Waals surface area contributed by atoms with E-state index in [0.29, 0.717) is 18.2 Å². The van der Waals surface area contributed by atoms with E-state index in [1.165, 1.54) is 0 Å². The van der Waals surface area contributed by atoms with Crippen LogP contribution in [0.5, 0.6) is 0 Å². The molecule has 0 atom stereocenters. The molecule has 4 nitrogen and oxygen atoms in total. The first-order chi connectivity index (χ1) is 8.77. The maximum atomic E-state index is 12.3. The number of rotatable bonds is 5. The summed E-state index contributed by atoms with van der Waals surface area (Å²) in [5, 5.41) is 0. The van der Waals surface area contributed by atoms with E-state index in [1.54, 1.807) is 18.2 Å². The lowest BCUT2D eigenvalue weighted by Crippen LogP contribution is -2.33. The van der Waals surface area contributed by atoms with E-state index < -0.39 is 10.0 Å². The molecule has 5 heteroatoms. The smallest absolute Gasteiger partial charge is 0.242 e. The molecule has 0 saturated heterocycles. The van der Waals surface area contributed by atoms with Crippen LogP contribution in [0, 0.1) is 18.3 Å². The van der Waals surface area contributed by atoms with Gasteiger partial charge in [0.2, 0.25) is 10.0 Å². The van der Waals surface area contributed by atoms with Gasteiger partial charge in [0.1, 0.15) is 4.90 Å². The van der Waals surface area contributed by atoms with Gasteiger partial charge in [-0.1, -0.05) is 19.9 Å². The van der Waals surface area contributed by atoms with Gasteiger partial charge in [-0.3, -0.25) is 0 Å². The number of nitrogen functional groups attached to an aromatic ring is 1. The molecule has 3 N–H and O–H groups in total. The molecule has 1 saturated carbocycles. The van der Waals surface area contributed by atoms with Crippen LogP contribution in [0.1, 0.15) is 32.3 Å². The topological polar surface area (TPSA) is 72.2 Å². The minimum absolute atomic E-state index is 0.145. The van der Waals surface area contributed by atoms with Gasteiger partial charge in [-0.2, -0.15) is 0 Å². The van der Waals surface area contributed by atoms with Crippen LogP contribution in [0.3, 0.4) is 0 Å². The van der Waals surface area contributed by atoms with Crippen LogP contribution in [-0.2, 0) is 10.0 Å². The Morgan fingerprint density at radius 1 is 1.37 bits per heavy atom. The zero-order valence-corrected chi connectivity index (χ0v) is 12.5. The molecule has 106 valence electrons. The van der Waals surface area contributed by atoms with E-state index in [1.807, 2.05) is 6.92 Å². The first-order valence-corrected chi connectivity index (χ1v) is 8.11. The fraction of sp³-hybridized carbons (Fsp3) is 0.571. The van der Waals surface area contributed by atoms with Gasteiger partial charge in [0.25, 0.3) is 0 Å². The lowest BCUT2D eigenvalue weighted by Gasteiger charge is -2.20. The molecule has 0 radical (unpaired) electrons. The average Bonchev–Trinajstić information content (AvgIpc) is 3.07. The Labute approximate surface area is 115 Å². The minimum Gasteiger partial charge on any atom is -0.398 e. The zero-order valence-electron chi connectivity index (χ0n) is 11.7. The van der Waals surface area contributed by atoms with E-state index in [-0.39, 0.29) is 10.3 Å². The molecular weight excluding hydrogens is 260 g/mol. The van der Waals surface area contributed by atoms with Crippen LogP contribution >= 0.6 is 0 Å². The second-order valence-corrected chi connectivity index (χ2v) is 7.62. The molecule has 19 heavy (non-hydrogen) atoms. The van der Waals surface area contributed by atoms with E-state index in [0.717, 1.165) is 18.4 Å². The average molecular weight is 282 g/mol. The Hall–Kier alpha value is -1.07. The van der Waals surface area contributed by atoms with Crippen LogP contribution in [0.15, 0.2) is 23.1 Å². The van der Waals surface area contributed by atoms with Gasteiger partial charge in [-0.25, -0.2) is 13.1 Å². The number of aryl methyl sites for hydroxylation is 1. The molecule has 1 aliphatic rings. The minimum atomic E-state index is -3.51. The number of benzene rings is 1. The van der Waals surface area contributed by atoms with E-state index >= 15 is 0 Å². The highest BCUT2D eigenvalue weighted by atomic mass is 32.2. The molecule has 2 rings (SSSR count). The van der Waals surface area contributed by atoms with Crippen molar-refractivity contribution in [3.8, 4) is 0 Å². The molecule has 1 aromatic carbocycles. The van der Waals surface area contributed by atoms with Crippen molar-refractivity contribution in [2.24, 2.45) is 11.3 Å². The molecule has 0 bridgehead atoms. The van der Waals surface area contributed by atoms with Gasteiger partial charge in [0.15, 0.2) is 0 Å². The first-order valence-electron chi connectivity index (χ1n) is 6.63. The van der Waals surface area contributed by atoms with Crippen LogP contribution in [-0.4, -0.2) is 15.0 Å². The predicted molar refractivity (Wildman–Crippen MR) is 77.3 cm³/mol. The molecule has 1 aromatic rings. The second-order valence-electron chi connectivity index (χ2n) is 5.88. The number of hydrogen-bond acceptors (Lipinski definition) is 3. The van der Waals surface area contributed by atoms with Crippen LogP contribution in [0.2, 0.25) is 0 Å². The summed E-state index contributed by atoms with van der Waals surface area (Å²) in [6.07, 6.45) is 2.19. The highest BCUT2D eigenvalue weighted by Crippen LogP contribution is 2.51. The molecule has 1 aliphatic carbocycles. The lowest BCUT2D eigenvalue weighted by atomic mass is 9.93. The molecular formula is C14H22N2O2S.